The maximum absolute atomic E-state index is 13.3. The molecule has 0 bridgehead atoms. The lowest BCUT2D eigenvalue weighted by molar-refractivity contribution is -0.128. The van der Waals surface area contributed by atoms with Gasteiger partial charge in [0.25, 0.3) is 0 Å². The normalized spacial score (nSPS) is 17.1. The Balaban J connectivity index is 1.49. The van der Waals surface area contributed by atoms with Crippen LogP contribution in [-0.2, 0) is 11.3 Å². The van der Waals surface area contributed by atoms with E-state index in [0.29, 0.717) is 29.5 Å². The van der Waals surface area contributed by atoms with Crippen molar-refractivity contribution in [1.29, 1.82) is 0 Å². The lowest BCUT2D eigenvalue weighted by Gasteiger charge is -2.16. The van der Waals surface area contributed by atoms with E-state index in [1.807, 2.05) is 6.07 Å². The number of carbonyl (C=O) groups is 1. The molecule has 8 heteroatoms. The number of likely N-dealkylation sites (tertiary alicyclic amines) is 1. The van der Waals surface area contributed by atoms with Crippen LogP contribution in [0.2, 0.25) is 0 Å². The molecule has 0 radical (unpaired) electrons. The fourth-order valence-corrected chi connectivity index (χ4v) is 3.01. The summed E-state index contributed by atoms with van der Waals surface area (Å²) in [6.07, 6.45) is 1.84. The van der Waals surface area contributed by atoms with Gasteiger partial charge < -0.3 is 9.42 Å². The summed E-state index contributed by atoms with van der Waals surface area (Å²) < 4.78 is 31.9. The predicted octanol–water partition coefficient (Wildman–Crippen LogP) is 2.93. The largest absolute Gasteiger partial charge is 0.339 e. The van der Waals surface area contributed by atoms with Gasteiger partial charge in [0.1, 0.15) is 17.3 Å². The number of benzene rings is 1. The topological polar surface area (TPSA) is 72.1 Å². The fourth-order valence-electron chi connectivity index (χ4n) is 3.01. The van der Waals surface area contributed by atoms with Crippen molar-refractivity contribution < 1.29 is 18.1 Å². The van der Waals surface area contributed by atoms with Gasteiger partial charge >= 0.3 is 0 Å². The van der Waals surface area contributed by atoms with Crippen LogP contribution >= 0.6 is 0 Å². The Morgan fingerprint density at radius 2 is 2.00 bits per heavy atom. The molecule has 0 aliphatic carbocycles. The van der Waals surface area contributed by atoms with Gasteiger partial charge in [-0.1, -0.05) is 11.2 Å². The van der Waals surface area contributed by atoms with E-state index in [2.05, 4.69) is 15.1 Å². The van der Waals surface area contributed by atoms with E-state index < -0.39 is 11.6 Å². The Hall–Kier alpha value is -3.16. The molecule has 132 valence electrons. The second-order valence-corrected chi connectivity index (χ2v) is 6.12. The molecular formula is C18H14F2N4O2. The van der Waals surface area contributed by atoms with E-state index in [0.717, 1.165) is 6.07 Å². The third-order valence-corrected chi connectivity index (χ3v) is 4.20. The third-order valence-electron chi connectivity index (χ3n) is 4.20. The van der Waals surface area contributed by atoms with Gasteiger partial charge in [-0.05, 0) is 29.8 Å². The van der Waals surface area contributed by atoms with Crippen LogP contribution < -0.4 is 0 Å². The molecule has 1 unspecified atom stereocenters. The highest BCUT2D eigenvalue weighted by Gasteiger charge is 2.34. The maximum atomic E-state index is 13.3. The molecule has 1 aliphatic rings. The number of halogens is 2. The first kappa shape index (κ1) is 16.3. The molecule has 1 saturated heterocycles. The fraction of sp³-hybridized carbons (Fsp3) is 0.222. The van der Waals surface area contributed by atoms with Crippen molar-refractivity contribution in [2.45, 2.75) is 18.9 Å². The van der Waals surface area contributed by atoms with E-state index in [4.69, 9.17) is 4.52 Å². The summed E-state index contributed by atoms with van der Waals surface area (Å²) in [5.74, 6) is -1.01. The van der Waals surface area contributed by atoms with Crippen LogP contribution in [-0.4, -0.2) is 32.5 Å². The highest BCUT2D eigenvalue weighted by molar-refractivity contribution is 5.79. The summed E-state index contributed by atoms with van der Waals surface area (Å²) in [4.78, 5) is 22.3. The van der Waals surface area contributed by atoms with Crippen LogP contribution in [0.25, 0.3) is 11.5 Å². The summed E-state index contributed by atoms with van der Waals surface area (Å²) in [7, 11) is 0. The summed E-state index contributed by atoms with van der Waals surface area (Å²) in [5, 5.41) is 3.91. The minimum absolute atomic E-state index is 0.128. The first-order valence-corrected chi connectivity index (χ1v) is 8.06. The van der Waals surface area contributed by atoms with Crippen LogP contribution in [0.15, 0.2) is 47.1 Å². The van der Waals surface area contributed by atoms with Crippen molar-refractivity contribution in [3.05, 3.63) is 65.7 Å². The molecule has 0 N–H and O–H groups in total. The van der Waals surface area contributed by atoms with Gasteiger partial charge in [0.05, 0.1) is 5.92 Å². The molecule has 3 heterocycles. The molecule has 2 aromatic heterocycles. The van der Waals surface area contributed by atoms with E-state index in [-0.39, 0.29) is 24.8 Å². The number of hydrogen-bond acceptors (Lipinski definition) is 5. The van der Waals surface area contributed by atoms with Crippen LogP contribution in [0.5, 0.6) is 0 Å². The Bertz CT molecular complexity index is 925. The Labute approximate surface area is 147 Å². The summed E-state index contributed by atoms with van der Waals surface area (Å²) >= 11 is 0. The van der Waals surface area contributed by atoms with Gasteiger partial charge in [0, 0.05) is 31.8 Å². The first-order chi connectivity index (χ1) is 12.6. The van der Waals surface area contributed by atoms with E-state index in [1.54, 1.807) is 18.3 Å². The molecule has 26 heavy (non-hydrogen) atoms. The number of rotatable bonds is 4. The average Bonchev–Trinajstić information content (AvgIpc) is 3.22. The number of pyridine rings is 1. The maximum Gasteiger partial charge on any atom is 0.232 e. The highest BCUT2D eigenvalue weighted by Crippen LogP contribution is 2.29. The van der Waals surface area contributed by atoms with Crippen LogP contribution in [0.4, 0.5) is 8.78 Å². The van der Waals surface area contributed by atoms with Crippen molar-refractivity contribution in [3.8, 4) is 11.5 Å². The Kier molecular flexibility index (Phi) is 4.16. The summed E-state index contributed by atoms with van der Waals surface area (Å²) in [6, 6.07) is 8.60. The zero-order valence-electron chi connectivity index (χ0n) is 13.6. The predicted molar refractivity (Wildman–Crippen MR) is 86.7 cm³/mol. The zero-order chi connectivity index (χ0) is 18.1. The summed E-state index contributed by atoms with van der Waals surface area (Å²) in [5.41, 5.74) is 0.982. The molecule has 6 nitrogen and oxygen atoms in total. The van der Waals surface area contributed by atoms with Crippen molar-refractivity contribution in [3.63, 3.8) is 0 Å². The van der Waals surface area contributed by atoms with Crippen molar-refractivity contribution in [1.82, 2.24) is 20.0 Å². The Morgan fingerprint density at radius 3 is 2.73 bits per heavy atom. The van der Waals surface area contributed by atoms with Crippen LogP contribution in [0.1, 0.15) is 23.8 Å². The lowest BCUT2D eigenvalue weighted by Crippen LogP contribution is -2.24. The molecule has 0 saturated carbocycles. The van der Waals surface area contributed by atoms with Crippen LogP contribution in [0, 0.1) is 11.6 Å². The van der Waals surface area contributed by atoms with Gasteiger partial charge in [-0.2, -0.15) is 4.98 Å². The number of amides is 1. The molecule has 1 aliphatic heterocycles. The monoisotopic (exact) mass is 356 g/mol. The molecular weight excluding hydrogens is 342 g/mol. The van der Waals surface area contributed by atoms with Gasteiger partial charge in [-0.3, -0.25) is 9.78 Å². The molecule has 0 spiro atoms. The Morgan fingerprint density at radius 1 is 1.19 bits per heavy atom. The SMILES string of the molecule is O=C1CC(c2nc(-c3ccccn3)no2)CN1Cc1cc(F)cc(F)c1. The first-order valence-electron chi connectivity index (χ1n) is 8.06. The molecule has 3 aromatic rings. The van der Waals surface area contributed by atoms with E-state index in [9.17, 15) is 13.6 Å². The average molecular weight is 356 g/mol. The second kappa shape index (κ2) is 6.62. The van der Waals surface area contributed by atoms with Crippen molar-refractivity contribution in [2.75, 3.05) is 6.54 Å². The molecule has 1 atom stereocenters. The zero-order valence-corrected chi connectivity index (χ0v) is 13.6. The molecule has 1 aromatic carbocycles. The number of hydrogen-bond donors (Lipinski definition) is 0. The number of carbonyl (C=O) groups excluding carboxylic acids is 1. The van der Waals surface area contributed by atoms with Crippen molar-refractivity contribution in [2.24, 2.45) is 0 Å². The molecule has 1 amide bonds. The van der Waals surface area contributed by atoms with Crippen molar-refractivity contribution >= 4 is 5.91 Å². The number of nitrogens with zero attached hydrogens (tertiary/aromatic N) is 4. The minimum Gasteiger partial charge on any atom is -0.339 e. The van der Waals surface area contributed by atoms with E-state index in [1.165, 1.54) is 17.0 Å². The minimum atomic E-state index is -0.667. The standard InChI is InChI=1S/C18H14F2N4O2/c19-13-5-11(6-14(20)8-13)9-24-10-12(7-16(24)25)18-22-17(23-26-18)15-3-1-2-4-21-15/h1-6,8,12H,7,9-10H2. The van der Waals surface area contributed by atoms with Crippen LogP contribution in [0.3, 0.4) is 0 Å². The van der Waals surface area contributed by atoms with Gasteiger partial charge in [-0.15, -0.1) is 0 Å². The quantitative estimate of drug-likeness (QED) is 0.719. The number of aromatic nitrogens is 3. The highest BCUT2D eigenvalue weighted by atomic mass is 19.1. The second-order valence-electron chi connectivity index (χ2n) is 6.12. The molecule has 1 fully saturated rings. The smallest absolute Gasteiger partial charge is 0.232 e. The van der Waals surface area contributed by atoms with Gasteiger partial charge in [0.2, 0.25) is 17.6 Å². The lowest BCUT2D eigenvalue weighted by atomic mass is 10.1. The van der Waals surface area contributed by atoms with Gasteiger partial charge in [0.15, 0.2) is 0 Å². The molecule has 4 rings (SSSR count). The van der Waals surface area contributed by atoms with Gasteiger partial charge in [-0.25, -0.2) is 8.78 Å². The van der Waals surface area contributed by atoms with E-state index >= 15 is 0 Å². The third kappa shape index (κ3) is 3.30. The summed E-state index contributed by atoms with van der Waals surface area (Å²) in [6.45, 7) is 0.478.